The quantitative estimate of drug-likeness (QED) is 0.223. The third-order valence-corrected chi connectivity index (χ3v) is 6.70. The molecule has 0 saturated heterocycles. The van der Waals surface area contributed by atoms with Gasteiger partial charge in [0.15, 0.2) is 0 Å². The lowest BCUT2D eigenvalue weighted by Gasteiger charge is -2.08. The van der Waals surface area contributed by atoms with E-state index in [0.717, 1.165) is 50.4 Å². The molecule has 0 radical (unpaired) electrons. The molecule has 0 bridgehead atoms. The Hall–Kier alpha value is -5.57. The van der Waals surface area contributed by atoms with Gasteiger partial charge in [-0.2, -0.15) is 5.10 Å². The topological polar surface area (TPSA) is 113 Å². The summed E-state index contributed by atoms with van der Waals surface area (Å²) in [5.41, 5.74) is 6.82. The lowest BCUT2D eigenvalue weighted by atomic mass is 10.0. The van der Waals surface area contributed by atoms with Gasteiger partial charge in [0.05, 0.1) is 41.0 Å². The highest BCUT2D eigenvalue weighted by Gasteiger charge is 2.16. The van der Waals surface area contributed by atoms with Crippen LogP contribution >= 0.6 is 0 Å². The molecule has 8 nitrogen and oxygen atoms in total. The summed E-state index contributed by atoms with van der Waals surface area (Å²) in [6.07, 6.45) is 8.53. The Kier molecular flexibility index (Phi) is 5.67. The highest BCUT2D eigenvalue weighted by Crippen LogP contribution is 2.35. The number of rotatable bonds is 6. The number of aromatic hydroxyl groups is 1. The second kappa shape index (κ2) is 9.63. The van der Waals surface area contributed by atoms with Crippen LogP contribution in [0.4, 0.5) is 4.39 Å². The van der Waals surface area contributed by atoms with Crippen LogP contribution in [-0.2, 0) is 6.61 Å². The number of aromatic nitrogens is 6. The Bertz CT molecular complexity index is 1980. The van der Waals surface area contributed by atoms with Gasteiger partial charge in [-0.05, 0) is 41.5 Å². The van der Waals surface area contributed by atoms with Gasteiger partial charge in [-0.25, -0.2) is 4.39 Å². The van der Waals surface area contributed by atoms with E-state index < -0.39 is 5.82 Å². The van der Waals surface area contributed by atoms with E-state index >= 15 is 0 Å². The molecule has 9 heteroatoms. The summed E-state index contributed by atoms with van der Waals surface area (Å²) in [5, 5.41) is 19.2. The maximum absolute atomic E-state index is 14.0. The molecule has 0 aliphatic rings. The van der Waals surface area contributed by atoms with Crippen molar-refractivity contribution in [2.75, 3.05) is 0 Å². The van der Waals surface area contributed by atoms with Crippen molar-refractivity contribution in [3.8, 4) is 45.3 Å². The molecule has 0 aliphatic carbocycles. The van der Waals surface area contributed by atoms with Crippen molar-refractivity contribution in [3.63, 3.8) is 0 Å². The van der Waals surface area contributed by atoms with Gasteiger partial charge >= 0.3 is 0 Å². The van der Waals surface area contributed by atoms with Gasteiger partial charge in [0.2, 0.25) is 0 Å². The zero-order valence-electron chi connectivity index (χ0n) is 21.0. The van der Waals surface area contributed by atoms with Crippen molar-refractivity contribution in [1.82, 2.24) is 30.1 Å². The molecule has 5 aromatic heterocycles. The molecule has 5 heterocycles. The van der Waals surface area contributed by atoms with Gasteiger partial charge in [-0.1, -0.05) is 30.3 Å². The molecular weight excluding hydrogens is 507 g/mol. The molecule has 0 atom stereocenters. The number of H-pyrrole nitrogens is 2. The number of nitrogens with one attached hydrogen (secondary N) is 2. The molecular formula is C31H21FN6O2. The van der Waals surface area contributed by atoms with Crippen molar-refractivity contribution >= 4 is 21.8 Å². The van der Waals surface area contributed by atoms with Crippen molar-refractivity contribution in [1.29, 1.82) is 0 Å². The fourth-order valence-corrected chi connectivity index (χ4v) is 4.80. The molecule has 40 heavy (non-hydrogen) atoms. The molecule has 0 saturated carbocycles. The van der Waals surface area contributed by atoms with E-state index in [1.807, 2.05) is 48.5 Å². The second-order valence-electron chi connectivity index (χ2n) is 9.40. The number of nitrogens with zero attached hydrogens (tertiary/aromatic N) is 4. The average molecular weight is 529 g/mol. The second-order valence-corrected chi connectivity index (χ2v) is 9.40. The summed E-state index contributed by atoms with van der Waals surface area (Å²) in [5.74, 6) is -0.0232. The first-order chi connectivity index (χ1) is 19.6. The van der Waals surface area contributed by atoms with Crippen LogP contribution in [0, 0.1) is 5.82 Å². The van der Waals surface area contributed by atoms with E-state index in [9.17, 15) is 9.50 Å². The van der Waals surface area contributed by atoms with Crippen LogP contribution in [0.5, 0.6) is 11.5 Å². The van der Waals surface area contributed by atoms with Crippen LogP contribution in [-0.4, -0.2) is 35.2 Å². The smallest absolute Gasteiger partial charge is 0.138 e. The Morgan fingerprint density at radius 3 is 2.55 bits per heavy atom. The number of aromatic amines is 2. The summed E-state index contributed by atoms with van der Waals surface area (Å²) >= 11 is 0. The number of fused-ring (bicyclic) bond motifs is 2. The molecule has 0 spiro atoms. The number of phenolic OH excluding ortho intramolecular Hbond substituents is 1. The zero-order chi connectivity index (χ0) is 27.1. The third kappa shape index (κ3) is 4.39. The number of halogens is 1. The summed E-state index contributed by atoms with van der Waals surface area (Å²) in [4.78, 5) is 16.7. The first-order valence-corrected chi connectivity index (χ1v) is 12.5. The van der Waals surface area contributed by atoms with Crippen LogP contribution in [0.1, 0.15) is 5.56 Å². The largest absolute Gasteiger partial charge is 0.508 e. The van der Waals surface area contributed by atoms with Gasteiger partial charge in [0.25, 0.3) is 0 Å². The number of hydrogen-bond acceptors (Lipinski definition) is 6. The third-order valence-electron chi connectivity index (χ3n) is 6.70. The van der Waals surface area contributed by atoms with Crippen molar-refractivity contribution in [3.05, 3.63) is 109 Å². The summed E-state index contributed by atoms with van der Waals surface area (Å²) in [7, 11) is 0. The van der Waals surface area contributed by atoms with Crippen LogP contribution in [0.2, 0.25) is 0 Å². The van der Waals surface area contributed by atoms with Gasteiger partial charge in [-0.3, -0.25) is 20.1 Å². The zero-order valence-corrected chi connectivity index (χ0v) is 21.0. The van der Waals surface area contributed by atoms with E-state index in [1.165, 1.54) is 12.1 Å². The monoisotopic (exact) mass is 528 g/mol. The predicted molar refractivity (Wildman–Crippen MR) is 150 cm³/mol. The van der Waals surface area contributed by atoms with Crippen LogP contribution in [0.15, 0.2) is 97.7 Å². The van der Waals surface area contributed by atoms with E-state index in [2.05, 4.69) is 30.1 Å². The molecule has 7 rings (SSSR count). The number of ether oxygens (including phenoxy) is 1. The molecule has 2 aromatic carbocycles. The SMILES string of the molecule is Oc1cc(F)cc(-c2cncc3[nH]c(-c4n[nH]c5cnc(-c6cncc(OCc7ccccc7)c6)cc45)cc23)c1. The number of phenols is 1. The molecule has 0 aliphatic heterocycles. The fourth-order valence-electron chi connectivity index (χ4n) is 4.80. The molecule has 0 amide bonds. The molecule has 0 unspecified atom stereocenters. The molecule has 3 N–H and O–H groups in total. The van der Waals surface area contributed by atoms with E-state index in [4.69, 9.17) is 4.74 Å². The fraction of sp³-hybridized carbons (Fsp3) is 0.0323. The van der Waals surface area contributed by atoms with E-state index in [0.29, 0.717) is 29.2 Å². The first-order valence-electron chi connectivity index (χ1n) is 12.5. The van der Waals surface area contributed by atoms with Gasteiger partial charge in [-0.15, -0.1) is 0 Å². The predicted octanol–water partition coefficient (Wildman–Crippen LogP) is 6.65. The van der Waals surface area contributed by atoms with E-state index in [-0.39, 0.29) is 5.75 Å². The van der Waals surface area contributed by atoms with Gasteiger partial charge in [0, 0.05) is 40.4 Å². The molecule has 0 fully saturated rings. The van der Waals surface area contributed by atoms with Crippen LogP contribution in [0.3, 0.4) is 0 Å². The number of benzene rings is 2. The van der Waals surface area contributed by atoms with Gasteiger partial charge < -0.3 is 14.8 Å². The minimum Gasteiger partial charge on any atom is -0.508 e. The Labute approximate surface area is 227 Å². The number of pyridine rings is 3. The summed E-state index contributed by atoms with van der Waals surface area (Å²) in [6.45, 7) is 0.441. The number of hydrogen-bond donors (Lipinski definition) is 3. The maximum atomic E-state index is 14.0. The standard InChI is InChI=1S/C31H21FN6O2/c32-21-6-19(7-22(39)9-21)26-14-34-15-29-24(26)10-28(36-29)31-25-11-27(35-16-30(25)37-38-31)20-8-23(13-33-12-20)40-17-18-4-2-1-3-5-18/h1-16,36,39H,17H2,(H,37,38). The minimum atomic E-state index is -0.523. The highest BCUT2D eigenvalue weighted by molar-refractivity contribution is 6.01. The Morgan fingerprint density at radius 1 is 0.800 bits per heavy atom. The van der Waals surface area contributed by atoms with Gasteiger partial charge in [0.1, 0.15) is 29.6 Å². The normalized spacial score (nSPS) is 11.3. The summed E-state index contributed by atoms with van der Waals surface area (Å²) in [6, 6.07) is 19.7. The molecule has 194 valence electrons. The van der Waals surface area contributed by atoms with Crippen molar-refractivity contribution in [2.45, 2.75) is 6.61 Å². The lowest BCUT2D eigenvalue weighted by molar-refractivity contribution is 0.305. The maximum Gasteiger partial charge on any atom is 0.138 e. The van der Waals surface area contributed by atoms with Crippen molar-refractivity contribution < 1.29 is 14.2 Å². The Balaban J connectivity index is 1.25. The molecule has 7 aromatic rings. The van der Waals surface area contributed by atoms with E-state index in [1.54, 1.807) is 31.0 Å². The minimum absolute atomic E-state index is 0.148. The first kappa shape index (κ1) is 23.5. The van der Waals surface area contributed by atoms with Crippen LogP contribution in [0.25, 0.3) is 55.6 Å². The Morgan fingerprint density at radius 2 is 1.68 bits per heavy atom. The summed E-state index contributed by atoms with van der Waals surface area (Å²) < 4.78 is 20.0. The lowest BCUT2D eigenvalue weighted by Crippen LogP contribution is -1.96. The van der Waals surface area contributed by atoms with Crippen molar-refractivity contribution in [2.24, 2.45) is 0 Å². The average Bonchev–Trinajstić information content (AvgIpc) is 3.60. The highest BCUT2D eigenvalue weighted by atomic mass is 19.1. The van der Waals surface area contributed by atoms with Crippen LogP contribution < -0.4 is 4.74 Å².